The lowest BCUT2D eigenvalue weighted by Gasteiger charge is -2.31. The number of nitrogens with zero attached hydrogens (tertiary/aromatic N) is 5. The highest BCUT2D eigenvalue weighted by atomic mass is 32.2. The fourth-order valence-electron chi connectivity index (χ4n) is 4.37. The molecule has 8 heteroatoms. The van der Waals surface area contributed by atoms with Gasteiger partial charge in [-0.15, -0.1) is 10.2 Å². The SMILES string of the molecule is CCN1CCC(NC(=O)CSc2nnc(N3CCCCC3)n2-c2ccc(C)cc2)CC1. The molecule has 2 aliphatic heterocycles. The summed E-state index contributed by atoms with van der Waals surface area (Å²) in [4.78, 5) is 17.4. The van der Waals surface area contributed by atoms with Crippen molar-refractivity contribution >= 4 is 23.6 Å². The third-order valence-corrected chi connectivity index (χ3v) is 7.21. The molecule has 1 aromatic heterocycles. The maximum Gasteiger partial charge on any atom is 0.232 e. The average Bonchev–Trinajstić information content (AvgIpc) is 3.23. The molecular formula is C23H34N6OS. The van der Waals surface area contributed by atoms with Crippen LogP contribution in [0.4, 0.5) is 5.95 Å². The van der Waals surface area contributed by atoms with E-state index >= 15 is 0 Å². The first-order valence-electron chi connectivity index (χ1n) is 11.6. The molecule has 2 saturated heterocycles. The van der Waals surface area contributed by atoms with Crippen LogP contribution in [-0.2, 0) is 4.79 Å². The predicted molar refractivity (Wildman–Crippen MR) is 126 cm³/mol. The largest absolute Gasteiger partial charge is 0.353 e. The molecule has 168 valence electrons. The Bertz CT molecular complexity index is 853. The first-order valence-corrected chi connectivity index (χ1v) is 12.5. The fourth-order valence-corrected chi connectivity index (χ4v) is 5.13. The van der Waals surface area contributed by atoms with E-state index in [0.717, 1.165) is 62.4 Å². The Balaban J connectivity index is 1.44. The van der Waals surface area contributed by atoms with Crippen molar-refractivity contribution in [2.45, 2.75) is 57.1 Å². The number of amides is 1. The van der Waals surface area contributed by atoms with Gasteiger partial charge in [0.1, 0.15) is 0 Å². The Morgan fingerprint density at radius 2 is 1.77 bits per heavy atom. The third-order valence-electron chi connectivity index (χ3n) is 6.28. The molecule has 0 unspecified atom stereocenters. The highest BCUT2D eigenvalue weighted by Crippen LogP contribution is 2.28. The molecule has 1 aromatic carbocycles. The van der Waals surface area contributed by atoms with Gasteiger partial charge in [0, 0.05) is 32.2 Å². The van der Waals surface area contributed by atoms with Crippen LogP contribution in [0.3, 0.4) is 0 Å². The number of hydrogen-bond donors (Lipinski definition) is 1. The third kappa shape index (κ3) is 5.60. The molecule has 1 N–H and O–H groups in total. The molecule has 31 heavy (non-hydrogen) atoms. The standard InChI is InChI=1S/C23H34N6OS/c1-3-27-15-11-19(12-16-27)24-21(30)17-31-23-26-25-22(28-13-5-4-6-14-28)29(23)20-9-7-18(2)8-10-20/h7-10,19H,3-6,11-17H2,1-2H3,(H,24,30). The predicted octanol–water partition coefficient (Wildman–Crippen LogP) is 3.26. The number of benzene rings is 1. The molecule has 2 aliphatic rings. The second-order valence-electron chi connectivity index (χ2n) is 8.57. The van der Waals surface area contributed by atoms with E-state index in [0.29, 0.717) is 5.75 Å². The van der Waals surface area contributed by atoms with E-state index in [4.69, 9.17) is 0 Å². The van der Waals surface area contributed by atoms with Crippen LogP contribution in [0.5, 0.6) is 0 Å². The Morgan fingerprint density at radius 3 is 2.45 bits per heavy atom. The maximum atomic E-state index is 12.6. The maximum absolute atomic E-state index is 12.6. The summed E-state index contributed by atoms with van der Waals surface area (Å²) in [6, 6.07) is 8.73. The van der Waals surface area contributed by atoms with Crippen molar-refractivity contribution in [2.75, 3.05) is 43.4 Å². The van der Waals surface area contributed by atoms with Gasteiger partial charge in [0.15, 0.2) is 5.16 Å². The molecule has 0 saturated carbocycles. The van der Waals surface area contributed by atoms with E-state index in [-0.39, 0.29) is 11.9 Å². The van der Waals surface area contributed by atoms with Gasteiger partial charge in [0.05, 0.1) is 11.4 Å². The van der Waals surface area contributed by atoms with Gasteiger partial charge in [-0.05, 0) is 57.7 Å². The second-order valence-corrected chi connectivity index (χ2v) is 9.51. The summed E-state index contributed by atoms with van der Waals surface area (Å²) in [6.45, 7) is 9.51. The highest BCUT2D eigenvalue weighted by molar-refractivity contribution is 7.99. The summed E-state index contributed by atoms with van der Waals surface area (Å²) in [5.74, 6) is 1.33. The summed E-state index contributed by atoms with van der Waals surface area (Å²) in [5, 5.41) is 13.0. The van der Waals surface area contributed by atoms with Crippen LogP contribution in [0.25, 0.3) is 5.69 Å². The van der Waals surface area contributed by atoms with Gasteiger partial charge >= 0.3 is 0 Å². The normalized spacial score (nSPS) is 18.3. The van der Waals surface area contributed by atoms with Gasteiger partial charge < -0.3 is 15.1 Å². The first kappa shape index (κ1) is 22.1. The van der Waals surface area contributed by atoms with Crippen molar-refractivity contribution in [2.24, 2.45) is 0 Å². The molecule has 0 bridgehead atoms. The number of aryl methyl sites for hydroxylation is 1. The minimum absolute atomic E-state index is 0.0814. The highest BCUT2D eigenvalue weighted by Gasteiger charge is 2.23. The van der Waals surface area contributed by atoms with E-state index < -0.39 is 0 Å². The van der Waals surface area contributed by atoms with Crippen LogP contribution in [0.15, 0.2) is 29.4 Å². The molecule has 0 aliphatic carbocycles. The first-order chi connectivity index (χ1) is 15.1. The molecule has 0 radical (unpaired) electrons. The topological polar surface area (TPSA) is 66.3 Å². The molecule has 4 rings (SSSR count). The van der Waals surface area contributed by atoms with Gasteiger partial charge in [-0.25, -0.2) is 0 Å². The number of aromatic nitrogens is 3. The monoisotopic (exact) mass is 442 g/mol. The zero-order chi connectivity index (χ0) is 21.6. The van der Waals surface area contributed by atoms with Crippen LogP contribution < -0.4 is 10.2 Å². The summed E-state index contributed by atoms with van der Waals surface area (Å²) in [7, 11) is 0. The lowest BCUT2D eigenvalue weighted by atomic mass is 10.1. The van der Waals surface area contributed by atoms with Crippen molar-refractivity contribution in [3.8, 4) is 5.69 Å². The number of anilines is 1. The van der Waals surface area contributed by atoms with Crippen molar-refractivity contribution in [3.05, 3.63) is 29.8 Å². The van der Waals surface area contributed by atoms with Crippen LogP contribution in [0.2, 0.25) is 0 Å². The molecule has 2 fully saturated rings. The number of carbonyl (C=O) groups excluding carboxylic acids is 1. The smallest absolute Gasteiger partial charge is 0.232 e. The van der Waals surface area contributed by atoms with Crippen LogP contribution in [-0.4, -0.2) is 70.1 Å². The Labute approximate surface area is 189 Å². The summed E-state index contributed by atoms with van der Waals surface area (Å²) in [5.41, 5.74) is 2.27. The Hall–Kier alpha value is -2.06. The van der Waals surface area contributed by atoms with Crippen molar-refractivity contribution < 1.29 is 4.79 Å². The summed E-state index contributed by atoms with van der Waals surface area (Å²) in [6.07, 6.45) is 5.70. The molecule has 3 heterocycles. The van der Waals surface area contributed by atoms with Crippen LogP contribution in [0, 0.1) is 6.92 Å². The molecule has 1 amide bonds. The lowest BCUT2D eigenvalue weighted by Crippen LogP contribution is -2.45. The summed E-state index contributed by atoms with van der Waals surface area (Å²) >= 11 is 1.47. The Kier molecular flexibility index (Phi) is 7.50. The summed E-state index contributed by atoms with van der Waals surface area (Å²) < 4.78 is 2.11. The second kappa shape index (κ2) is 10.5. The van der Waals surface area contributed by atoms with Gasteiger partial charge in [-0.2, -0.15) is 0 Å². The minimum Gasteiger partial charge on any atom is -0.353 e. The zero-order valence-electron chi connectivity index (χ0n) is 18.7. The minimum atomic E-state index is 0.0814. The van der Waals surface area contributed by atoms with E-state index in [1.807, 2.05) is 0 Å². The van der Waals surface area contributed by atoms with Crippen molar-refractivity contribution in [1.82, 2.24) is 25.0 Å². The van der Waals surface area contributed by atoms with Gasteiger partial charge in [-0.1, -0.05) is 36.4 Å². The number of piperidine rings is 2. The van der Waals surface area contributed by atoms with Crippen molar-refractivity contribution in [3.63, 3.8) is 0 Å². The van der Waals surface area contributed by atoms with E-state index in [1.54, 1.807) is 0 Å². The molecule has 7 nitrogen and oxygen atoms in total. The molecule has 2 aromatic rings. The molecular weight excluding hydrogens is 408 g/mol. The number of rotatable bonds is 7. The molecule has 0 spiro atoms. The van der Waals surface area contributed by atoms with Gasteiger partial charge in [0.2, 0.25) is 11.9 Å². The van der Waals surface area contributed by atoms with E-state index in [1.165, 1.54) is 36.6 Å². The number of thioether (sulfide) groups is 1. The van der Waals surface area contributed by atoms with E-state index in [2.05, 4.69) is 68.0 Å². The van der Waals surface area contributed by atoms with E-state index in [9.17, 15) is 4.79 Å². The average molecular weight is 443 g/mol. The number of nitrogens with one attached hydrogen (secondary N) is 1. The van der Waals surface area contributed by atoms with Crippen molar-refractivity contribution in [1.29, 1.82) is 0 Å². The number of likely N-dealkylation sites (tertiary alicyclic amines) is 1. The number of hydrogen-bond acceptors (Lipinski definition) is 6. The fraction of sp³-hybridized carbons (Fsp3) is 0.609. The lowest BCUT2D eigenvalue weighted by molar-refractivity contribution is -0.119. The van der Waals surface area contributed by atoms with Crippen LogP contribution >= 0.6 is 11.8 Å². The Morgan fingerprint density at radius 1 is 1.06 bits per heavy atom. The molecule has 0 atom stereocenters. The number of carbonyl (C=O) groups is 1. The quantitative estimate of drug-likeness (QED) is 0.664. The van der Waals surface area contributed by atoms with Gasteiger partial charge in [0.25, 0.3) is 0 Å². The zero-order valence-corrected chi connectivity index (χ0v) is 19.5. The van der Waals surface area contributed by atoms with Crippen LogP contribution in [0.1, 0.15) is 44.6 Å². The van der Waals surface area contributed by atoms with Gasteiger partial charge in [-0.3, -0.25) is 9.36 Å².